The fraction of sp³-hybridized carbons (Fsp3) is 0.579. The highest BCUT2D eigenvalue weighted by molar-refractivity contribution is 5.94. The Morgan fingerprint density at radius 1 is 1.08 bits per heavy atom. The van der Waals surface area contributed by atoms with Crippen LogP contribution < -0.4 is 26.8 Å². The van der Waals surface area contributed by atoms with Gasteiger partial charge in [0.2, 0.25) is 11.8 Å². The van der Waals surface area contributed by atoms with Gasteiger partial charge in [-0.25, -0.2) is 5.43 Å². The van der Waals surface area contributed by atoms with Gasteiger partial charge in [0.15, 0.2) is 0 Å². The molecule has 4 atom stereocenters. The molecule has 3 aliphatic rings. The minimum Gasteiger partial charge on any atom is -0.348 e. The number of rotatable bonds is 5. The van der Waals surface area contributed by atoms with Crippen LogP contribution in [-0.2, 0) is 9.59 Å². The van der Waals surface area contributed by atoms with E-state index in [0.29, 0.717) is 6.04 Å². The van der Waals surface area contributed by atoms with Crippen molar-refractivity contribution in [2.45, 2.75) is 44.3 Å². The van der Waals surface area contributed by atoms with Crippen molar-refractivity contribution in [2.24, 2.45) is 11.8 Å². The Balaban J connectivity index is 1.33. The molecule has 2 saturated heterocycles. The van der Waals surface area contributed by atoms with Crippen molar-refractivity contribution in [1.82, 2.24) is 21.5 Å². The molecule has 1 aliphatic carbocycles. The van der Waals surface area contributed by atoms with Crippen LogP contribution in [0.15, 0.2) is 24.3 Å². The highest BCUT2D eigenvalue weighted by atomic mass is 16.2. The highest BCUT2D eigenvalue weighted by Crippen LogP contribution is 2.30. The zero-order valence-electron chi connectivity index (χ0n) is 15.0. The first-order chi connectivity index (χ1) is 12.6. The van der Waals surface area contributed by atoms with Crippen LogP contribution in [-0.4, -0.2) is 37.0 Å². The van der Waals surface area contributed by atoms with E-state index < -0.39 is 0 Å². The molecule has 26 heavy (non-hydrogen) atoms. The number of fused-ring (bicyclic) bond motifs is 1. The second-order valence-electron chi connectivity index (χ2n) is 7.65. The molecule has 140 valence electrons. The van der Waals surface area contributed by atoms with Crippen LogP contribution in [0.2, 0.25) is 0 Å². The molecular formula is C19H27N5O2. The number of hydrazine groups is 1. The Morgan fingerprint density at radius 2 is 1.85 bits per heavy atom. The number of benzene rings is 1. The van der Waals surface area contributed by atoms with Crippen molar-refractivity contribution in [2.75, 3.05) is 18.4 Å². The Hall–Kier alpha value is -1.96. The third kappa shape index (κ3) is 3.75. The van der Waals surface area contributed by atoms with Crippen molar-refractivity contribution in [3.05, 3.63) is 29.8 Å². The number of anilines is 1. The van der Waals surface area contributed by atoms with E-state index in [4.69, 9.17) is 0 Å². The molecule has 5 N–H and O–H groups in total. The minimum atomic E-state index is -0.215. The first-order valence-corrected chi connectivity index (χ1v) is 9.55. The number of nitrogens with one attached hydrogen (secondary N) is 5. The Morgan fingerprint density at radius 3 is 2.58 bits per heavy atom. The van der Waals surface area contributed by atoms with Gasteiger partial charge in [0.05, 0.1) is 6.04 Å². The van der Waals surface area contributed by atoms with Crippen LogP contribution in [0.1, 0.15) is 37.8 Å². The predicted molar refractivity (Wildman–Crippen MR) is 99.2 cm³/mol. The van der Waals surface area contributed by atoms with E-state index in [1.165, 1.54) is 0 Å². The van der Waals surface area contributed by atoms with Gasteiger partial charge in [-0.1, -0.05) is 12.1 Å². The van der Waals surface area contributed by atoms with Gasteiger partial charge in [0.1, 0.15) is 6.04 Å². The lowest BCUT2D eigenvalue weighted by Gasteiger charge is -2.28. The zero-order chi connectivity index (χ0) is 18.1. The Kier molecular flexibility index (Phi) is 4.93. The standard InChI is InChI=1S/C19H27N5O2/c1-11(12-4-6-14(7-5-12)22-18(25)13-2-3-13)21-19(26)17-15-10-20-9-8-16(15)23-24-17/h4-7,11,13,15-17,20,23-24H,2-3,8-10H2,1H3,(H,21,26)(H,22,25). The van der Waals surface area contributed by atoms with E-state index in [1.807, 2.05) is 31.2 Å². The summed E-state index contributed by atoms with van der Waals surface area (Å²) in [4.78, 5) is 24.5. The summed E-state index contributed by atoms with van der Waals surface area (Å²) in [6.45, 7) is 3.82. The smallest absolute Gasteiger partial charge is 0.239 e. The molecule has 7 nitrogen and oxygen atoms in total. The normalized spacial score (nSPS) is 28.9. The molecule has 4 unspecified atom stereocenters. The molecule has 2 amide bonds. The number of hydrogen-bond donors (Lipinski definition) is 5. The van der Waals surface area contributed by atoms with Gasteiger partial charge in [-0.3, -0.25) is 15.0 Å². The second kappa shape index (κ2) is 7.34. The van der Waals surface area contributed by atoms with Crippen LogP contribution in [0, 0.1) is 11.8 Å². The van der Waals surface area contributed by atoms with Gasteiger partial charge in [-0.05, 0) is 50.4 Å². The molecule has 0 bridgehead atoms. The summed E-state index contributed by atoms with van der Waals surface area (Å²) in [7, 11) is 0. The molecule has 3 fully saturated rings. The average Bonchev–Trinajstić information content (AvgIpc) is 3.41. The van der Waals surface area contributed by atoms with Gasteiger partial charge < -0.3 is 16.0 Å². The van der Waals surface area contributed by atoms with Crippen LogP contribution in [0.3, 0.4) is 0 Å². The Bertz CT molecular complexity index is 673. The van der Waals surface area contributed by atoms with Crippen LogP contribution >= 0.6 is 0 Å². The minimum absolute atomic E-state index is 0.0207. The quantitative estimate of drug-likeness (QED) is 0.534. The van der Waals surface area contributed by atoms with E-state index in [9.17, 15) is 9.59 Å². The van der Waals surface area contributed by atoms with Crippen molar-refractivity contribution >= 4 is 17.5 Å². The van der Waals surface area contributed by atoms with Gasteiger partial charge in [0, 0.05) is 30.1 Å². The molecular weight excluding hydrogens is 330 g/mol. The van der Waals surface area contributed by atoms with E-state index >= 15 is 0 Å². The highest BCUT2D eigenvalue weighted by Gasteiger charge is 2.41. The fourth-order valence-corrected chi connectivity index (χ4v) is 3.81. The van der Waals surface area contributed by atoms with E-state index in [1.54, 1.807) is 0 Å². The van der Waals surface area contributed by atoms with E-state index in [0.717, 1.165) is 43.6 Å². The maximum absolute atomic E-state index is 12.7. The SMILES string of the molecule is CC(NC(=O)C1NNC2CCNCC21)c1ccc(NC(=O)C2CC2)cc1. The number of amides is 2. The third-order valence-corrected chi connectivity index (χ3v) is 5.65. The average molecular weight is 357 g/mol. The van der Waals surface area contributed by atoms with Crippen molar-refractivity contribution in [1.29, 1.82) is 0 Å². The van der Waals surface area contributed by atoms with Crippen LogP contribution in [0.4, 0.5) is 5.69 Å². The number of carbonyl (C=O) groups excluding carboxylic acids is 2. The number of carbonyl (C=O) groups is 2. The van der Waals surface area contributed by atoms with Gasteiger partial charge >= 0.3 is 0 Å². The topological polar surface area (TPSA) is 94.3 Å². The maximum Gasteiger partial charge on any atom is 0.239 e. The summed E-state index contributed by atoms with van der Waals surface area (Å²) in [6.07, 6.45) is 3.02. The lowest BCUT2D eigenvalue weighted by Crippen LogP contribution is -2.49. The summed E-state index contributed by atoms with van der Waals surface area (Å²) >= 11 is 0. The molecule has 0 radical (unpaired) electrons. The molecule has 2 heterocycles. The summed E-state index contributed by atoms with van der Waals surface area (Å²) in [5.41, 5.74) is 8.23. The van der Waals surface area contributed by atoms with E-state index in [2.05, 4.69) is 26.8 Å². The Labute approximate surface area is 153 Å². The molecule has 1 aromatic carbocycles. The van der Waals surface area contributed by atoms with Crippen molar-refractivity contribution < 1.29 is 9.59 Å². The number of hydrogen-bond acceptors (Lipinski definition) is 5. The van der Waals surface area contributed by atoms with Crippen molar-refractivity contribution in [3.8, 4) is 0 Å². The van der Waals surface area contributed by atoms with Crippen LogP contribution in [0.5, 0.6) is 0 Å². The monoisotopic (exact) mass is 357 g/mol. The molecule has 1 saturated carbocycles. The fourth-order valence-electron chi connectivity index (χ4n) is 3.81. The van der Waals surface area contributed by atoms with Crippen LogP contribution in [0.25, 0.3) is 0 Å². The molecule has 4 rings (SSSR count). The van der Waals surface area contributed by atoms with E-state index in [-0.39, 0.29) is 35.7 Å². The molecule has 2 aliphatic heterocycles. The van der Waals surface area contributed by atoms with Gasteiger partial charge in [-0.2, -0.15) is 0 Å². The molecule has 0 spiro atoms. The molecule has 1 aromatic rings. The maximum atomic E-state index is 12.7. The second-order valence-corrected chi connectivity index (χ2v) is 7.65. The van der Waals surface area contributed by atoms with Crippen molar-refractivity contribution in [3.63, 3.8) is 0 Å². The largest absolute Gasteiger partial charge is 0.348 e. The lowest BCUT2D eigenvalue weighted by molar-refractivity contribution is -0.124. The number of piperidine rings is 1. The summed E-state index contributed by atoms with van der Waals surface area (Å²) in [5, 5.41) is 9.40. The van der Waals surface area contributed by atoms with Gasteiger partial charge in [0.25, 0.3) is 0 Å². The summed E-state index contributed by atoms with van der Waals surface area (Å²) in [5.74, 6) is 0.594. The summed E-state index contributed by atoms with van der Waals surface area (Å²) in [6, 6.07) is 7.76. The molecule has 7 heteroatoms. The zero-order valence-corrected chi connectivity index (χ0v) is 15.0. The third-order valence-electron chi connectivity index (χ3n) is 5.65. The lowest BCUT2D eigenvalue weighted by atomic mass is 9.89. The first kappa shape index (κ1) is 17.5. The first-order valence-electron chi connectivity index (χ1n) is 9.55. The predicted octanol–water partition coefficient (Wildman–Crippen LogP) is 0.667. The summed E-state index contributed by atoms with van der Waals surface area (Å²) < 4.78 is 0. The molecule has 0 aromatic heterocycles. The van der Waals surface area contributed by atoms with Gasteiger partial charge in [-0.15, -0.1) is 0 Å².